The molecule has 1 aromatic carbocycles. The first kappa shape index (κ1) is 29.5. The third kappa shape index (κ3) is 13.2. The number of ether oxygens (including phenoxy) is 4. The van der Waals surface area contributed by atoms with E-state index in [1.54, 1.807) is 53.7 Å². The van der Waals surface area contributed by atoms with Gasteiger partial charge in [0.1, 0.15) is 17.0 Å². The Morgan fingerprint density at radius 1 is 0.676 bits per heavy atom. The van der Waals surface area contributed by atoms with Gasteiger partial charge < -0.3 is 18.9 Å². The smallest absolute Gasteiger partial charge is 0.338 e. The zero-order chi connectivity index (χ0) is 25.8. The predicted octanol–water partition coefficient (Wildman–Crippen LogP) is 6.27. The highest BCUT2D eigenvalue weighted by Gasteiger charge is 2.23. The third-order valence-corrected chi connectivity index (χ3v) is 4.70. The maximum atomic E-state index is 12.6. The highest BCUT2D eigenvalue weighted by Crippen LogP contribution is 2.23. The van der Waals surface area contributed by atoms with Gasteiger partial charge >= 0.3 is 17.9 Å². The number of benzene rings is 1. The molecule has 0 fully saturated rings. The van der Waals surface area contributed by atoms with Crippen LogP contribution in [-0.2, 0) is 19.0 Å². The molecule has 0 saturated carbocycles. The van der Waals surface area contributed by atoms with E-state index in [0.29, 0.717) is 18.8 Å². The summed E-state index contributed by atoms with van der Waals surface area (Å²) >= 11 is 0. The quantitative estimate of drug-likeness (QED) is 0.187. The van der Waals surface area contributed by atoms with Gasteiger partial charge in [-0.25, -0.2) is 9.59 Å². The molecule has 0 spiro atoms. The Morgan fingerprint density at radius 2 is 1.12 bits per heavy atom. The fraction of sp³-hybridized carbons (Fsp3) is 0.667. The molecular formula is C27H42O7. The van der Waals surface area contributed by atoms with Crippen molar-refractivity contribution >= 4 is 17.9 Å². The molecule has 0 atom stereocenters. The maximum absolute atomic E-state index is 12.6. The number of carbonyl (C=O) groups excluding carboxylic acids is 3. The summed E-state index contributed by atoms with van der Waals surface area (Å²) in [6.07, 6.45) is 7.54. The van der Waals surface area contributed by atoms with Gasteiger partial charge in [0, 0.05) is 6.42 Å². The monoisotopic (exact) mass is 478 g/mol. The maximum Gasteiger partial charge on any atom is 0.338 e. The number of hydrogen-bond acceptors (Lipinski definition) is 7. The largest absolute Gasteiger partial charge is 0.494 e. The Morgan fingerprint density at radius 3 is 1.56 bits per heavy atom. The molecule has 0 aliphatic carbocycles. The van der Waals surface area contributed by atoms with Crippen molar-refractivity contribution < 1.29 is 33.3 Å². The molecule has 0 amide bonds. The molecule has 0 bridgehead atoms. The van der Waals surface area contributed by atoms with E-state index in [4.69, 9.17) is 14.2 Å². The minimum atomic E-state index is -0.653. The Bertz CT molecular complexity index is 754. The van der Waals surface area contributed by atoms with Gasteiger partial charge in [0.25, 0.3) is 0 Å². The summed E-state index contributed by atoms with van der Waals surface area (Å²) < 4.78 is 21.4. The molecule has 0 radical (unpaired) electrons. The van der Waals surface area contributed by atoms with Crippen LogP contribution >= 0.6 is 0 Å². The van der Waals surface area contributed by atoms with Crippen molar-refractivity contribution in [1.29, 1.82) is 0 Å². The number of esters is 3. The van der Waals surface area contributed by atoms with Crippen molar-refractivity contribution in [1.82, 2.24) is 0 Å². The molecule has 1 aromatic rings. The summed E-state index contributed by atoms with van der Waals surface area (Å²) in [4.78, 5) is 36.3. The summed E-state index contributed by atoms with van der Waals surface area (Å²) in [5, 5.41) is 0. The Hall–Kier alpha value is -2.57. The van der Waals surface area contributed by atoms with E-state index < -0.39 is 23.1 Å². The lowest BCUT2D eigenvalue weighted by molar-refractivity contribution is -0.140. The van der Waals surface area contributed by atoms with Crippen LogP contribution < -0.4 is 4.74 Å². The third-order valence-electron chi connectivity index (χ3n) is 4.70. The number of hydrogen-bond donors (Lipinski definition) is 0. The van der Waals surface area contributed by atoms with Gasteiger partial charge in [-0.15, -0.1) is 0 Å². The lowest BCUT2D eigenvalue weighted by Gasteiger charge is -2.21. The van der Waals surface area contributed by atoms with Gasteiger partial charge in [-0.1, -0.05) is 32.1 Å². The fourth-order valence-corrected chi connectivity index (χ4v) is 3.14. The standard InChI is InChI=1S/C27H42O7/c1-26(2,3)33-24(29)20-17-21(25(30)34-27(4,5)6)19-22(18-20)32-16-14-12-10-8-9-11-13-15-23(28)31-7/h17-19H,8-16H2,1-7H3. The van der Waals surface area contributed by atoms with E-state index in [1.165, 1.54) is 13.2 Å². The summed E-state index contributed by atoms with van der Waals surface area (Å²) in [6.45, 7) is 11.2. The molecule has 1 rings (SSSR count). The van der Waals surface area contributed by atoms with Gasteiger partial charge in [0.15, 0.2) is 0 Å². The van der Waals surface area contributed by atoms with Crippen LogP contribution in [-0.4, -0.2) is 42.8 Å². The molecular weight excluding hydrogens is 436 g/mol. The fourth-order valence-electron chi connectivity index (χ4n) is 3.14. The average molecular weight is 479 g/mol. The van der Waals surface area contributed by atoms with Crippen LogP contribution in [0.2, 0.25) is 0 Å². The predicted molar refractivity (Wildman–Crippen MR) is 131 cm³/mol. The number of carbonyl (C=O) groups is 3. The van der Waals surface area contributed by atoms with E-state index >= 15 is 0 Å². The van der Waals surface area contributed by atoms with Crippen LogP contribution in [0.5, 0.6) is 5.75 Å². The van der Waals surface area contributed by atoms with Crippen molar-refractivity contribution in [2.24, 2.45) is 0 Å². The minimum absolute atomic E-state index is 0.150. The highest BCUT2D eigenvalue weighted by atomic mass is 16.6. The second kappa shape index (κ2) is 14.0. The normalized spacial score (nSPS) is 11.6. The first-order valence-corrected chi connectivity index (χ1v) is 12.1. The van der Waals surface area contributed by atoms with Crippen LogP contribution in [0.4, 0.5) is 0 Å². The van der Waals surface area contributed by atoms with Gasteiger partial charge in [0.05, 0.1) is 24.8 Å². The molecule has 7 heteroatoms. The number of rotatable bonds is 13. The van der Waals surface area contributed by atoms with Crippen molar-refractivity contribution in [2.75, 3.05) is 13.7 Å². The molecule has 192 valence electrons. The second-order valence-corrected chi connectivity index (χ2v) is 10.4. The Balaban J connectivity index is 2.61. The first-order chi connectivity index (χ1) is 15.8. The molecule has 0 saturated heterocycles. The highest BCUT2D eigenvalue weighted by molar-refractivity contribution is 5.96. The molecule has 7 nitrogen and oxygen atoms in total. The van der Waals surface area contributed by atoms with Gasteiger partial charge in [-0.3, -0.25) is 4.79 Å². The van der Waals surface area contributed by atoms with Crippen molar-refractivity contribution in [2.45, 2.75) is 104 Å². The van der Waals surface area contributed by atoms with Crippen LogP contribution in [0.25, 0.3) is 0 Å². The minimum Gasteiger partial charge on any atom is -0.494 e. The zero-order valence-electron chi connectivity index (χ0n) is 22.0. The molecule has 0 aliphatic rings. The zero-order valence-corrected chi connectivity index (χ0v) is 22.0. The van der Waals surface area contributed by atoms with Gasteiger partial charge in [-0.2, -0.15) is 0 Å². The van der Waals surface area contributed by atoms with Crippen LogP contribution in [0.3, 0.4) is 0 Å². The lowest BCUT2D eigenvalue weighted by atomic mass is 10.1. The van der Waals surface area contributed by atoms with Crippen LogP contribution in [0.15, 0.2) is 18.2 Å². The molecule has 34 heavy (non-hydrogen) atoms. The molecule has 0 aliphatic heterocycles. The van der Waals surface area contributed by atoms with E-state index in [1.807, 2.05) is 0 Å². The van der Waals surface area contributed by atoms with E-state index in [2.05, 4.69) is 4.74 Å². The number of unbranched alkanes of at least 4 members (excludes halogenated alkanes) is 6. The van der Waals surface area contributed by atoms with E-state index in [9.17, 15) is 14.4 Å². The topological polar surface area (TPSA) is 88.1 Å². The van der Waals surface area contributed by atoms with Crippen LogP contribution in [0.1, 0.15) is 114 Å². The second-order valence-electron chi connectivity index (χ2n) is 10.4. The Kier molecular flexibility index (Phi) is 12.1. The van der Waals surface area contributed by atoms with Crippen molar-refractivity contribution in [3.05, 3.63) is 29.3 Å². The number of methoxy groups -OCH3 is 1. The van der Waals surface area contributed by atoms with Gasteiger partial charge in [0.2, 0.25) is 0 Å². The van der Waals surface area contributed by atoms with E-state index in [0.717, 1.165) is 44.9 Å². The van der Waals surface area contributed by atoms with Crippen molar-refractivity contribution in [3.8, 4) is 5.75 Å². The van der Waals surface area contributed by atoms with Gasteiger partial charge in [-0.05, 0) is 72.6 Å². The summed E-state index contributed by atoms with van der Waals surface area (Å²) in [6, 6.07) is 4.68. The average Bonchev–Trinajstić information content (AvgIpc) is 2.72. The molecule has 0 aromatic heterocycles. The summed E-state index contributed by atoms with van der Waals surface area (Å²) in [5.74, 6) is -0.750. The first-order valence-electron chi connectivity index (χ1n) is 12.1. The summed E-state index contributed by atoms with van der Waals surface area (Å²) in [5.41, 5.74) is -0.806. The SMILES string of the molecule is COC(=O)CCCCCCCCCOc1cc(C(=O)OC(C)(C)C)cc(C(=O)OC(C)(C)C)c1. The lowest BCUT2D eigenvalue weighted by Crippen LogP contribution is -2.25. The van der Waals surface area contributed by atoms with Crippen LogP contribution in [0, 0.1) is 0 Å². The Labute approximate surface area is 204 Å². The summed E-state index contributed by atoms with van der Waals surface area (Å²) in [7, 11) is 1.41. The molecule has 0 unspecified atom stereocenters. The molecule has 0 N–H and O–H groups in total. The van der Waals surface area contributed by atoms with Crippen molar-refractivity contribution in [3.63, 3.8) is 0 Å². The molecule has 0 heterocycles. The van der Waals surface area contributed by atoms with E-state index in [-0.39, 0.29) is 17.1 Å².